The van der Waals surface area contributed by atoms with E-state index in [-0.39, 0.29) is 21.3 Å². The average Bonchev–Trinajstić information content (AvgIpc) is 2.65. The maximum Gasteiger partial charge on any atom is 0.312 e. The summed E-state index contributed by atoms with van der Waals surface area (Å²) in [6.45, 7) is 0. The quantitative estimate of drug-likeness (QED) is 0.490. The fourth-order valence-electron chi connectivity index (χ4n) is 1.51. The van der Waals surface area contributed by atoms with Crippen LogP contribution in [0.3, 0.4) is 0 Å². The summed E-state index contributed by atoms with van der Waals surface area (Å²) >= 11 is 12.4. The van der Waals surface area contributed by atoms with Crippen LogP contribution in [-0.4, -0.2) is 17.3 Å². The Morgan fingerprint density at radius 1 is 1.50 bits per heavy atom. The summed E-state index contributed by atoms with van der Waals surface area (Å²) in [7, 11) is 1.32. The molecule has 0 saturated carbocycles. The Morgan fingerprint density at radius 3 is 2.67 bits per heavy atom. The number of ether oxygens (including phenoxy) is 1. The smallest absolute Gasteiger partial charge is 0.312 e. The van der Waals surface area contributed by atoms with Crippen LogP contribution in [0.2, 0.25) is 5.02 Å². The molecule has 0 radical (unpaired) electrons. The van der Waals surface area contributed by atoms with Crippen molar-refractivity contribution >= 4 is 55.6 Å². The third kappa shape index (κ3) is 2.03. The first kappa shape index (κ1) is 13.1. The Labute approximate surface area is 115 Å². The van der Waals surface area contributed by atoms with Crippen LogP contribution in [0, 0.1) is 10.1 Å². The largest absolute Gasteiger partial charge is 0.490 e. The molecular weight excluding hydrogens is 301 g/mol. The molecule has 0 saturated heterocycles. The number of rotatable bonds is 3. The van der Waals surface area contributed by atoms with Gasteiger partial charge in [-0.05, 0) is 17.7 Å². The normalized spacial score (nSPS) is 10.6. The molecule has 0 atom stereocenters. The molecule has 1 aromatic carbocycles. The number of fused-ring (bicyclic) bond motifs is 1. The summed E-state index contributed by atoms with van der Waals surface area (Å²) in [5.74, 6) is 0.0840. The van der Waals surface area contributed by atoms with Gasteiger partial charge in [-0.1, -0.05) is 11.6 Å². The van der Waals surface area contributed by atoms with E-state index in [0.29, 0.717) is 10.1 Å². The highest BCUT2D eigenvalue weighted by molar-refractivity contribution is 7.23. The molecule has 0 fully saturated rings. The van der Waals surface area contributed by atoms with Gasteiger partial charge in [-0.25, -0.2) is 0 Å². The molecule has 0 bridgehead atoms. The van der Waals surface area contributed by atoms with Crippen molar-refractivity contribution in [1.82, 2.24) is 0 Å². The zero-order valence-corrected chi connectivity index (χ0v) is 11.2. The van der Waals surface area contributed by atoms with Gasteiger partial charge in [0, 0.05) is 16.2 Å². The molecule has 0 unspecified atom stereocenters. The Hall–Kier alpha value is -1.37. The number of carbonyl (C=O) groups excluding carboxylic acids is 1. The van der Waals surface area contributed by atoms with E-state index >= 15 is 0 Å². The van der Waals surface area contributed by atoms with Crippen LogP contribution >= 0.6 is 34.5 Å². The number of nitrogens with zero attached hydrogens (tertiary/aromatic N) is 1. The second-order valence-corrected chi connectivity index (χ2v) is 5.07. The van der Waals surface area contributed by atoms with Gasteiger partial charge < -0.3 is 4.74 Å². The van der Waals surface area contributed by atoms with E-state index in [1.54, 1.807) is 0 Å². The van der Waals surface area contributed by atoms with Crippen molar-refractivity contribution in [2.45, 2.75) is 0 Å². The fourth-order valence-corrected chi connectivity index (χ4v) is 3.13. The average molecular weight is 306 g/mol. The molecule has 8 heteroatoms. The van der Waals surface area contributed by atoms with Gasteiger partial charge in [0.2, 0.25) is 0 Å². The van der Waals surface area contributed by atoms with Crippen LogP contribution in [0.4, 0.5) is 5.69 Å². The molecule has 0 aliphatic heterocycles. The van der Waals surface area contributed by atoms with Crippen molar-refractivity contribution < 1.29 is 14.5 Å². The van der Waals surface area contributed by atoms with Gasteiger partial charge >= 0.3 is 5.69 Å². The molecule has 5 nitrogen and oxygen atoms in total. The molecular formula is C10H5Cl2NO4S. The van der Waals surface area contributed by atoms with E-state index < -0.39 is 10.2 Å². The number of nitro benzene ring substituents is 1. The zero-order valence-electron chi connectivity index (χ0n) is 8.90. The van der Waals surface area contributed by atoms with Crippen LogP contribution < -0.4 is 4.74 Å². The van der Waals surface area contributed by atoms with Crippen LogP contribution in [-0.2, 0) is 0 Å². The Bertz CT molecular complexity index is 667. The fraction of sp³-hybridized carbons (Fsp3) is 0.100. The number of nitro groups is 1. The Balaban J connectivity index is 2.80. The molecule has 0 aliphatic rings. The lowest BCUT2D eigenvalue weighted by Gasteiger charge is -2.01. The minimum atomic E-state index is -0.692. The third-order valence-corrected chi connectivity index (χ3v) is 4.26. The van der Waals surface area contributed by atoms with Gasteiger partial charge in [0.05, 0.1) is 17.1 Å². The number of carbonyl (C=O) groups is 1. The monoisotopic (exact) mass is 305 g/mol. The number of halogens is 2. The first-order chi connectivity index (χ1) is 8.45. The molecule has 0 aliphatic carbocycles. The lowest BCUT2D eigenvalue weighted by atomic mass is 10.2. The molecule has 0 N–H and O–H groups in total. The molecule has 0 amide bonds. The van der Waals surface area contributed by atoms with Crippen LogP contribution in [0.25, 0.3) is 10.1 Å². The van der Waals surface area contributed by atoms with Gasteiger partial charge in [-0.2, -0.15) is 0 Å². The predicted molar refractivity (Wildman–Crippen MR) is 70.2 cm³/mol. The predicted octanol–water partition coefficient (Wildman–Crippen LogP) is 3.85. The van der Waals surface area contributed by atoms with Gasteiger partial charge in [0.1, 0.15) is 4.88 Å². The molecule has 18 heavy (non-hydrogen) atoms. The van der Waals surface area contributed by atoms with E-state index in [1.165, 1.54) is 19.2 Å². The van der Waals surface area contributed by atoms with E-state index in [2.05, 4.69) is 0 Å². The Morgan fingerprint density at radius 2 is 2.17 bits per heavy atom. The zero-order chi connectivity index (χ0) is 13.4. The van der Waals surface area contributed by atoms with Crippen LogP contribution in [0.5, 0.6) is 5.75 Å². The van der Waals surface area contributed by atoms with Crippen molar-refractivity contribution in [3.63, 3.8) is 0 Å². The molecule has 94 valence electrons. The highest BCUT2D eigenvalue weighted by atomic mass is 35.5. The highest BCUT2D eigenvalue weighted by Crippen LogP contribution is 2.41. The number of hydrogen-bond acceptors (Lipinski definition) is 5. The van der Waals surface area contributed by atoms with Gasteiger partial charge in [0.15, 0.2) is 5.75 Å². The van der Waals surface area contributed by atoms with Crippen molar-refractivity contribution in [1.29, 1.82) is 0 Å². The second kappa shape index (κ2) is 4.72. The summed E-state index contributed by atoms with van der Waals surface area (Å²) in [5, 5.41) is 10.9. The third-order valence-electron chi connectivity index (χ3n) is 2.30. The number of thiophene rings is 1. The number of hydrogen-bond donors (Lipinski definition) is 0. The van der Waals surface area contributed by atoms with Crippen molar-refractivity contribution in [3.05, 3.63) is 32.1 Å². The second-order valence-electron chi connectivity index (χ2n) is 3.30. The molecule has 2 aromatic rings. The molecule has 1 aromatic heterocycles. The minimum absolute atomic E-state index is 0.0840. The van der Waals surface area contributed by atoms with E-state index in [1.807, 2.05) is 0 Å². The first-order valence-electron chi connectivity index (χ1n) is 4.60. The summed E-state index contributed by atoms with van der Waals surface area (Å²) in [6, 6.07) is 2.74. The van der Waals surface area contributed by atoms with E-state index in [9.17, 15) is 14.9 Å². The lowest BCUT2D eigenvalue weighted by molar-refractivity contribution is -0.385. The Kier molecular flexibility index (Phi) is 3.43. The topological polar surface area (TPSA) is 69.4 Å². The van der Waals surface area contributed by atoms with Crippen molar-refractivity contribution in [3.8, 4) is 5.75 Å². The van der Waals surface area contributed by atoms with Crippen molar-refractivity contribution in [2.24, 2.45) is 0 Å². The molecule has 1 heterocycles. The molecule has 2 rings (SSSR count). The highest BCUT2D eigenvalue weighted by Gasteiger charge is 2.22. The van der Waals surface area contributed by atoms with Crippen LogP contribution in [0.15, 0.2) is 12.1 Å². The van der Waals surface area contributed by atoms with E-state index in [0.717, 1.165) is 11.3 Å². The lowest BCUT2D eigenvalue weighted by Crippen LogP contribution is -1.92. The van der Waals surface area contributed by atoms with Gasteiger partial charge in [-0.15, -0.1) is 11.3 Å². The summed E-state index contributed by atoms with van der Waals surface area (Å²) in [4.78, 5) is 21.6. The standard InChI is InChI=1S/C10H5Cl2NO4S/c1-17-6-2-4-7(3-5(6)13(15)16)18-9(8(4)11)10(12)14/h2-3H,1H3. The molecule has 0 spiro atoms. The summed E-state index contributed by atoms with van der Waals surface area (Å²) < 4.78 is 5.44. The first-order valence-corrected chi connectivity index (χ1v) is 6.17. The minimum Gasteiger partial charge on any atom is -0.490 e. The van der Waals surface area contributed by atoms with E-state index in [4.69, 9.17) is 27.9 Å². The van der Waals surface area contributed by atoms with Crippen LogP contribution in [0.1, 0.15) is 9.67 Å². The number of methoxy groups -OCH3 is 1. The van der Waals surface area contributed by atoms with Gasteiger partial charge in [0.25, 0.3) is 5.24 Å². The SMILES string of the molecule is COc1cc2c(Cl)c(C(=O)Cl)sc2cc1[N+](=O)[O-]. The van der Waals surface area contributed by atoms with Gasteiger partial charge in [-0.3, -0.25) is 14.9 Å². The summed E-state index contributed by atoms with van der Waals surface area (Å²) in [6.07, 6.45) is 0. The number of benzene rings is 1. The summed E-state index contributed by atoms with van der Waals surface area (Å²) in [5.41, 5.74) is -0.184. The maximum atomic E-state index is 11.1. The maximum absolute atomic E-state index is 11.1. The van der Waals surface area contributed by atoms with Crippen molar-refractivity contribution in [2.75, 3.05) is 7.11 Å².